The van der Waals surface area contributed by atoms with Gasteiger partial charge < -0.3 is 14.4 Å². The van der Waals surface area contributed by atoms with Gasteiger partial charge in [0.2, 0.25) is 5.91 Å². The van der Waals surface area contributed by atoms with Crippen LogP contribution in [-0.4, -0.2) is 67.7 Å². The SMILES string of the molecule is COCCN1CCCC2(CCCN2CCOc2cccc(C)c2C)C1=O. The van der Waals surface area contributed by atoms with Crippen LogP contribution in [0.4, 0.5) is 0 Å². The van der Waals surface area contributed by atoms with E-state index in [9.17, 15) is 4.79 Å². The van der Waals surface area contributed by atoms with E-state index in [1.165, 1.54) is 11.1 Å². The van der Waals surface area contributed by atoms with Crippen LogP contribution in [0.5, 0.6) is 5.75 Å². The van der Waals surface area contributed by atoms with Crippen LogP contribution in [0, 0.1) is 13.8 Å². The largest absolute Gasteiger partial charge is 0.492 e. The molecule has 2 aliphatic rings. The van der Waals surface area contributed by atoms with E-state index >= 15 is 0 Å². The van der Waals surface area contributed by atoms with Gasteiger partial charge >= 0.3 is 0 Å². The van der Waals surface area contributed by atoms with Crippen molar-refractivity contribution in [2.75, 3.05) is 46.5 Å². The molecule has 26 heavy (non-hydrogen) atoms. The Hall–Kier alpha value is -1.59. The molecule has 0 N–H and O–H groups in total. The molecule has 3 rings (SSSR count). The summed E-state index contributed by atoms with van der Waals surface area (Å²) in [4.78, 5) is 17.6. The third kappa shape index (κ3) is 3.74. The van der Waals surface area contributed by atoms with E-state index in [0.29, 0.717) is 25.7 Å². The van der Waals surface area contributed by atoms with Crippen molar-refractivity contribution >= 4 is 5.91 Å². The maximum absolute atomic E-state index is 13.2. The summed E-state index contributed by atoms with van der Waals surface area (Å²) in [6.45, 7) is 8.78. The molecule has 0 bridgehead atoms. The summed E-state index contributed by atoms with van der Waals surface area (Å²) in [7, 11) is 1.69. The van der Waals surface area contributed by atoms with E-state index in [1.54, 1.807) is 7.11 Å². The first-order valence-corrected chi connectivity index (χ1v) is 9.81. The van der Waals surface area contributed by atoms with E-state index < -0.39 is 0 Å². The smallest absolute Gasteiger partial charge is 0.243 e. The van der Waals surface area contributed by atoms with Gasteiger partial charge in [-0.05, 0) is 63.3 Å². The molecule has 2 aliphatic heterocycles. The summed E-state index contributed by atoms with van der Waals surface area (Å²) >= 11 is 0. The van der Waals surface area contributed by atoms with Gasteiger partial charge in [0.05, 0.1) is 6.61 Å². The number of amides is 1. The summed E-state index contributed by atoms with van der Waals surface area (Å²) in [5.41, 5.74) is 2.14. The molecule has 144 valence electrons. The third-order valence-corrected chi connectivity index (χ3v) is 6.07. The Morgan fingerprint density at radius 3 is 2.62 bits per heavy atom. The second kappa shape index (κ2) is 8.40. The maximum atomic E-state index is 13.2. The molecule has 1 unspecified atom stereocenters. The summed E-state index contributed by atoms with van der Waals surface area (Å²) < 4.78 is 11.2. The zero-order chi connectivity index (χ0) is 18.6. The summed E-state index contributed by atoms with van der Waals surface area (Å²) in [6.07, 6.45) is 4.11. The van der Waals surface area contributed by atoms with Gasteiger partial charge in [0.25, 0.3) is 0 Å². The normalized spacial score (nSPS) is 23.8. The number of piperidine rings is 1. The highest BCUT2D eigenvalue weighted by Gasteiger charge is 2.50. The number of likely N-dealkylation sites (tertiary alicyclic amines) is 2. The number of benzene rings is 1. The third-order valence-electron chi connectivity index (χ3n) is 6.07. The molecule has 2 heterocycles. The van der Waals surface area contributed by atoms with Gasteiger partial charge in [-0.15, -0.1) is 0 Å². The Balaban J connectivity index is 1.62. The lowest BCUT2D eigenvalue weighted by Crippen LogP contribution is -2.60. The Kier molecular flexibility index (Phi) is 6.20. The Morgan fingerprint density at radius 2 is 1.85 bits per heavy atom. The van der Waals surface area contributed by atoms with Crippen molar-refractivity contribution < 1.29 is 14.3 Å². The molecule has 1 aromatic rings. The van der Waals surface area contributed by atoms with Crippen molar-refractivity contribution in [2.45, 2.75) is 45.1 Å². The molecule has 5 heteroatoms. The van der Waals surface area contributed by atoms with E-state index in [2.05, 4.69) is 24.8 Å². The lowest BCUT2D eigenvalue weighted by atomic mass is 9.85. The first-order chi connectivity index (χ1) is 12.6. The number of hydrogen-bond acceptors (Lipinski definition) is 4. The summed E-state index contributed by atoms with van der Waals surface area (Å²) in [5, 5.41) is 0. The molecule has 0 saturated carbocycles. The van der Waals surface area contributed by atoms with Crippen LogP contribution in [0.1, 0.15) is 36.8 Å². The van der Waals surface area contributed by atoms with Crippen LogP contribution >= 0.6 is 0 Å². The fourth-order valence-corrected chi connectivity index (χ4v) is 4.41. The van der Waals surface area contributed by atoms with Gasteiger partial charge in [-0.25, -0.2) is 0 Å². The van der Waals surface area contributed by atoms with Crippen molar-refractivity contribution in [3.8, 4) is 5.75 Å². The minimum atomic E-state index is -0.309. The minimum Gasteiger partial charge on any atom is -0.492 e. The quantitative estimate of drug-likeness (QED) is 0.750. The zero-order valence-corrected chi connectivity index (χ0v) is 16.4. The van der Waals surface area contributed by atoms with E-state index in [0.717, 1.165) is 51.1 Å². The highest BCUT2D eigenvalue weighted by molar-refractivity contribution is 5.87. The van der Waals surface area contributed by atoms with Gasteiger partial charge in [-0.3, -0.25) is 9.69 Å². The monoisotopic (exact) mass is 360 g/mol. The molecule has 1 amide bonds. The highest BCUT2D eigenvalue weighted by Crippen LogP contribution is 2.38. The fraction of sp³-hybridized carbons (Fsp3) is 0.667. The minimum absolute atomic E-state index is 0.296. The molecular weight excluding hydrogens is 328 g/mol. The van der Waals surface area contributed by atoms with E-state index in [4.69, 9.17) is 9.47 Å². The average Bonchev–Trinajstić information content (AvgIpc) is 3.03. The van der Waals surface area contributed by atoms with Crippen LogP contribution in [0.2, 0.25) is 0 Å². The molecule has 1 aromatic carbocycles. The highest BCUT2D eigenvalue weighted by atomic mass is 16.5. The van der Waals surface area contributed by atoms with Gasteiger partial charge in [0, 0.05) is 26.7 Å². The molecular formula is C21H32N2O3. The summed E-state index contributed by atoms with van der Waals surface area (Å²) in [6, 6.07) is 6.17. The van der Waals surface area contributed by atoms with E-state index in [1.807, 2.05) is 17.0 Å². The maximum Gasteiger partial charge on any atom is 0.243 e. The second-order valence-electron chi connectivity index (χ2n) is 7.56. The number of aryl methyl sites for hydroxylation is 1. The number of nitrogens with zero attached hydrogens (tertiary/aromatic N) is 2. The fourth-order valence-electron chi connectivity index (χ4n) is 4.41. The second-order valence-corrected chi connectivity index (χ2v) is 7.56. The summed E-state index contributed by atoms with van der Waals surface area (Å²) in [5.74, 6) is 1.25. The number of carbonyl (C=O) groups excluding carboxylic acids is 1. The standard InChI is InChI=1S/C21H32N2O3/c1-17-7-4-8-19(18(17)2)26-16-14-23-12-6-10-21(23)9-5-11-22(20(21)24)13-15-25-3/h4,7-8H,5-6,9-16H2,1-3H3. The predicted molar refractivity (Wildman–Crippen MR) is 103 cm³/mol. The average molecular weight is 360 g/mol. The molecule has 1 spiro atoms. The molecule has 2 fully saturated rings. The number of carbonyl (C=O) groups is 1. The van der Waals surface area contributed by atoms with Crippen molar-refractivity contribution in [3.05, 3.63) is 29.3 Å². The predicted octanol–water partition coefficient (Wildman–Crippen LogP) is 2.79. The number of hydrogen-bond donors (Lipinski definition) is 0. The first-order valence-electron chi connectivity index (χ1n) is 9.81. The van der Waals surface area contributed by atoms with E-state index in [-0.39, 0.29) is 5.54 Å². The topological polar surface area (TPSA) is 42.0 Å². The van der Waals surface area contributed by atoms with Crippen molar-refractivity contribution in [3.63, 3.8) is 0 Å². The number of rotatable bonds is 7. The van der Waals surface area contributed by atoms with Crippen LogP contribution < -0.4 is 4.74 Å². The van der Waals surface area contributed by atoms with Gasteiger partial charge in [-0.1, -0.05) is 12.1 Å². The van der Waals surface area contributed by atoms with Gasteiger partial charge in [-0.2, -0.15) is 0 Å². The zero-order valence-electron chi connectivity index (χ0n) is 16.4. The van der Waals surface area contributed by atoms with Crippen molar-refractivity contribution in [1.82, 2.24) is 9.80 Å². The molecule has 0 radical (unpaired) electrons. The van der Waals surface area contributed by atoms with Crippen LogP contribution in [0.3, 0.4) is 0 Å². The molecule has 2 saturated heterocycles. The van der Waals surface area contributed by atoms with Crippen molar-refractivity contribution in [1.29, 1.82) is 0 Å². The Morgan fingerprint density at radius 1 is 1.08 bits per heavy atom. The lowest BCUT2D eigenvalue weighted by Gasteiger charge is -2.44. The Labute approximate surface area is 157 Å². The molecule has 0 aliphatic carbocycles. The Bertz CT molecular complexity index is 634. The van der Waals surface area contributed by atoms with Crippen LogP contribution in [0.15, 0.2) is 18.2 Å². The first kappa shape index (κ1) is 19.2. The number of methoxy groups -OCH3 is 1. The number of ether oxygens (including phenoxy) is 2. The van der Waals surface area contributed by atoms with Crippen LogP contribution in [0.25, 0.3) is 0 Å². The lowest BCUT2D eigenvalue weighted by molar-refractivity contribution is -0.148. The molecule has 1 atom stereocenters. The molecule has 0 aromatic heterocycles. The van der Waals surface area contributed by atoms with Crippen LogP contribution in [-0.2, 0) is 9.53 Å². The molecule has 5 nitrogen and oxygen atoms in total. The van der Waals surface area contributed by atoms with Gasteiger partial charge in [0.1, 0.15) is 17.9 Å². The van der Waals surface area contributed by atoms with Crippen molar-refractivity contribution in [2.24, 2.45) is 0 Å². The van der Waals surface area contributed by atoms with Gasteiger partial charge in [0.15, 0.2) is 0 Å².